The molecule has 0 aliphatic heterocycles. The number of ether oxygens (including phenoxy) is 1. The van der Waals surface area contributed by atoms with Gasteiger partial charge in [-0.2, -0.15) is 4.98 Å². The zero-order valence-corrected chi connectivity index (χ0v) is 8.45. The number of aryl methyl sites for hydroxylation is 2. The van der Waals surface area contributed by atoms with Gasteiger partial charge < -0.3 is 9.26 Å². The van der Waals surface area contributed by atoms with E-state index in [2.05, 4.69) is 10.1 Å². The number of hydrogen-bond donors (Lipinski definition) is 0. The highest BCUT2D eigenvalue weighted by molar-refractivity contribution is 5.69. The van der Waals surface area contributed by atoms with Crippen molar-refractivity contribution in [3.05, 3.63) is 11.7 Å². The third-order valence-corrected chi connectivity index (χ3v) is 1.58. The first kappa shape index (κ1) is 10.7. The highest BCUT2D eigenvalue weighted by Gasteiger charge is 2.07. The van der Waals surface area contributed by atoms with Crippen molar-refractivity contribution in [1.82, 2.24) is 10.1 Å². The SMILES string of the molecule is CCCOC(=O)CCc1nc(C)no1. The maximum Gasteiger partial charge on any atom is 0.306 e. The molecule has 0 saturated heterocycles. The molecule has 1 rings (SSSR count). The molecule has 0 spiro atoms. The van der Waals surface area contributed by atoms with Gasteiger partial charge in [0.2, 0.25) is 5.89 Å². The van der Waals surface area contributed by atoms with Gasteiger partial charge in [-0.05, 0) is 13.3 Å². The molecule has 1 aromatic rings. The minimum absolute atomic E-state index is 0.220. The second-order valence-electron chi connectivity index (χ2n) is 2.96. The second-order valence-corrected chi connectivity index (χ2v) is 2.96. The fourth-order valence-corrected chi connectivity index (χ4v) is 0.939. The van der Waals surface area contributed by atoms with Crippen LogP contribution in [0.15, 0.2) is 4.52 Å². The van der Waals surface area contributed by atoms with Crippen LogP contribution in [0.4, 0.5) is 0 Å². The number of nitrogens with zero attached hydrogens (tertiary/aromatic N) is 2. The molecule has 5 nitrogen and oxygen atoms in total. The van der Waals surface area contributed by atoms with Gasteiger partial charge in [0.1, 0.15) is 0 Å². The predicted molar refractivity (Wildman–Crippen MR) is 48.6 cm³/mol. The second kappa shape index (κ2) is 5.36. The fourth-order valence-electron chi connectivity index (χ4n) is 0.939. The smallest absolute Gasteiger partial charge is 0.306 e. The number of carbonyl (C=O) groups excluding carboxylic acids is 1. The van der Waals surface area contributed by atoms with Crippen molar-refractivity contribution in [1.29, 1.82) is 0 Å². The lowest BCUT2D eigenvalue weighted by Crippen LogP contribution is -2.06. The summed E-state index contributed by atoms with van der Waals surface area (Å²) in [6.07, 6.45) is 1.58. The number of carbonyl (C=O) groups is 1. The van der Waals surface area contributed by atoms with Crippen molar-refractivity contribution in [2.75, 3.05) is 6.61 Å². The molecule has 5 heteroatoms. The van der Waals surface area contributed by atoms with E-state index in [1.54, 1.807) is 6.92 Å². The molecule has 78 valence electrons. The van der Waals surface area contributed by atoms with Gasteiger partial charge in [0, 0.05) is 6.42 Å². The summed E-state index contributed by atoms with van der Waals surface area (Å²) >= 11 is 0. The molecule has 0 bridgehead atoms. The minimum Gasteiger partial charge on any atom is -0.466 e. The van der Waals surface area contributed by atoms with Gasteiger partial charge in [-0.3, -0.25) is 4.79 Å². The number of aromatic nitrogens is 2. The summed E-state index contributed by atoms with van der Waals surface area (Å²) in [6.45, 7) is 4.17. The first-order valence-electron chi connectivity index (χ1n) is 4.67. The maximum absolute atomic E-state index is 11.1. The van der Waals surface area contributed by atoms with E-state index in [1.165, 1.54) is 0 Å². The monoisotopic (exact) mass is 198 g/mol. The molecular weight excluding hydrogens is 184 g/mol. The number of rotatable bonds is 5. The zero-order chi connectivity index (χ0) is 10.4. The Bertz CT molecular complexity index is 296. The Kier molecular flexibility index (Phi) is 4.10. The molecule has 1 aromatic heterocycles. The van der Waals surface area contributed by atoms with Crippen LogP contribution < -0.4 is 0 Å². The van der Waals surface area contributed by atoms with E-state index in [0.29, 0.717) is 31.2 Å². The van der Waals surface area contributed by atoms with Gasteiger partial charge in [-0.1, -0.05) is 12.1 Å². The average Bonchev–Trinajstić information content (AvgIpc) is 2.58. The van der Waals surface area contributed by atoms with Crippen molar-refractivity contribution < 1.29 is 14.1 Å². The molecule has 0 unspecified atom stereocenters. The van der Waals surface area contributed by atoms with E-state index < -0.39 is 0 Å². The Labute approximate surface area is 82.4 Å². The summed E-state index contributed by atoms with van der Waals surface area (Å²) in [5.74, 6) is 0.848. The van der Waals surface area contributed by atoms with Crippen LogP contribution in [0.2, 0.25) is 0 Å². The lowest BCUT2D eigenvalue weighted by molar-refractivity contribution is -0.143. The Morgan fingerprint density at radius 2 is 2.36 bits per heavy atom. The zero-order valence-electron chi connectivity index (χ0n) is 8.45. The van der Waals surface area contributed by atoms with E-state index in [9.17, 15) is 4.79 Å². The molecule has 0 aliphatic rings. The highest BCUT2D eigenvalue weighted by Crippen LogP contribution is 2.01. The van der Waals surface area contributed by atoms with Crippen molar-refractivity contribution >= 4 is 5.97 Å². The van der Waals surface area contributed by atoms with Crippen LogP contribution in [0.3, 0.4) is 0 Å². The first-order valence-corrected chi connectivity index (χ1v) is 4.67. The van der Waals surface area contributed by atoms with E-state index in [1.807, 2.05) is 6.92 Å². The summed E-state index contributed by atoms with van der Waals surface area (Å²) in [6, 6.07) is 0. The van der Waals surface area contributed by atoms with Crippen LogP contribution in [-0.2, 0) is 16.0 Å². The Morgan fingerprint density at radius 3 is 2.93 bits per heavy atom. The quantitative estimate of drug-likeness (QED) is 0.666. The molecule has 0 radical (unpaired) electrons. The van der Waals surface area contributed by atoms with Crippen LogP contribution in [0, 0.1) is 6.92 Å². The normalized spacial score (nSPS) is 10.1. The lowest BCUT2D eigenvalue weighted by atomic mass is 10.3. The molecule has 14 heavy (non-hydrogen) atoms. The van der Waals surface area contributed by atoms with Crippen LogP contribution in [0.25, 0.3) is 0 Å². The minimum atomic E-state index is -0.220. The molecular formula is C9H14N2O3. The largest absolute Gasteiger partial charge is 0.466 e. The van der Waals surface area contributed by atoms with Gasteiger partial charge in [0.05, 0.1) is 13.0 Å². The van der Waals surface area contributed by atoms with Crippen molar-refractivity contribution in [2.24, 2.45) is 0 Å². The van der Waals surface area contributed by atoms with Crippen LogP contribution in [-0.4, -0.2) is 22.7 Å². The molecule has 0 amide bonds. The summed E-state index contributed by atoms with van der Waals surface area (Å²) < 4.78 is 9.74. The van der Waals surface area contributed by atoms with Gasteiger partial charge in [-0.15, -0.1) is 0 Å². The lowest BCUT2D eigenvalue weighted by Gasteiger charge is -2.00. The van der Waals surface area contributed by atoms with Gasteiger partial charge in [0.25, 0.3) is 0 Å². The summed E-state index contributed by atoms with van der Waals surface area (Å²) in [5.41, 5.74) is 0. The van der Waals surface area contributed by atoms with Gasteiger partial charge in [0.15, 0.2) is 5.82 Å². The molecule has 0 aliphatic carbocycles. The van der Waals surface area contributed by atoms with E-state index in [4.69, 9.17) is 9.26 Å². The van der Waals surface area contributed by atoms with Gasteiger partial charge >= 0.3 is 5.97 Å². The molecule has 0 atom stereocenters. The van der Waals surface area contributed by atoms with E-state index in [0.717, 1.165) is 6.42 Å². The predicted octanol–water partition coefficient (Wildman–Crippen LogP) is 1.26. The molecule has 0 saturated carbocycles. The van der Waals surface area contributed by atoms with Gasteiger partial charge in [-0.25, -0.2) is 0 Å². The third kappa shape index (κ3) is 3.55. The summed E-state index contributed by atoms with van der Waals surface area (Å²) in [7, 11) is 0. The summed E-state index contributed by atoms with van der Waals surface area (Å²) in [5, 5.41) is 3.62. The molecule has 0 aromatic carbocycles. The average molecular weight is 198 g/mol. The van der Waals surface area contributed by atoms with Crippen LogP contribution in [0.5, 0.6) is 0 Å². The van der Waals surface area contributed by atoms with Crippen molar-refractivity contribution in [3.63, 3.8) is 0 Å². The Morgan fingerprint density at radius 1 is 1.57 bits per heavy atom. The van der Waals surface area contributed by atoms with Crippen LogP contribution in [0.1, 0.15) is 31.5 Å². The molecule has 1 heterocycles. The Hall–Kier alpha value is -1.39. The van der Waals surface area contributed by atoms with Crippen molar-refractivity contribution in [2.45, 2.75) is 33.1 Å². The highest BCUT2D eigenvalue weighted by atomic mass is 16.5. The van der Waals surface area contributed by atoms with E-state index in [-0.39, 0.29) is 5.97 Å². The molecule has 0 fully saturated rings. The number of esters is 1. The van der Waals surface area contributed by atoms with Crippen molar-refractivity contribution in [3.8, 4) is 0 Å². The summed E-state index contributed by atoms with van der Waals surface area (Å²) in [4.78, 5) is 15.0. The maximum atomic E-state index is 11.1. The van der Waals surface area contributed by atoms with Crippen LogP contribution >= 0.6 is 0 Å². The first-order chi connectivity index (χ1) is 6.72. The van der Waals surface area contributed by atoms with E-state index >= 15 is 0 Å². The Balaban J connectivity index is 2.23. The standard InChI is InChI=1S/C9H14N2O3/c1-3-6-13-9(12)5-4-8-10-7(2)11-14-8/h3-6H2,1-2H3. The number of hydrogen-bond acceptors (Lipinski definition) is 5. The topological polar surface area (TPSA) is 65.2 Å². The molecule has 0 N–H and O–H groups in total. The fraction of sp³-hybridized carbons (Fsp3) is 0.667. The third-order valence-electron chi connectivity index (χ3n) is 1.58.